The molecule has 1 heterocycles. The first kappa shape index (κ1) is 12.3. The van der Waals surface area contributed by atoms with Gasteiger partial charge in [-0.2, -0.15) is 13.2 Å². The van der Waals surface area contributed by atoms with E-state index in [9.17, 15) is 13.2 Å². The quantitative estimate of drug-likeness (QED) is 0.916. The van der Waals surface area contributed by atoms with Gasteiger partial charge in [0.2, 0.25) is 0 Å². The largest absolute Gasteiger partial charge is 0.391 e. The molecule has 0 spiro atoms. The molecule has 0 aliphatic rings. The first-order chi connectivity index (χ1) is 6.88. The second-order valence-corrected chi connectivity index (χ2v) is 4.07. The first-order valence-corrected chi connectivity index (χ1v) is 5.10. The number of rotatable bonds is 3. The minimum absolute atomic E-state index is 0.613. The van der Waals surface area contributed by atoms with Gasteiger partial charge >= 0.3 is 6.18 Å². The van der Waals surface area contributed by atoms with Crippen molar-refractivity contribution in [1.29, 1.82) is 0 Å². The number of anilines is 1. The number of nitrogens with one attached hydrogen (secondary N) is 1. The third-order valence-corrected chi connectivity index (χ3v) is 2.34. The lowest BCUT2D eigenvalue weighted by atomic mass is 10.2. The molecule has 0 aromatic carbocycles. The fourth-order valence-electron chi connectivity index (χ4n) is 1.16. The SMILES string of the molecule is CC(CC(F)(F)F)Nc1ccncc1Br. The van der Waals surface area contributed by atoms with Gasteiger partial charge in [0.05, 0.1) is 16.6 Å². The molecule has 1 atom stereocenters. The Morgan fingerprint density at radius 1 is 1.53 bits per heavy atom. The van der Waals surface area contributed by atoms with Crippen LogP contribution in [-0.4, -0.2) is 17.2 Å². The molecular weight excluding hydrogens is 273 g/mol. The number of aromatic nitrogens is 1. The van der Waals surface area contributed by atoms with Gasteiger partial charge in [0.25, 0.3) is 0 Å². The zero-order valence-electron chi connectivity index (χ0n) is 7.98. The van der Waals surface area contributed by atoms with Crippen LogP contribution in [-0.2, 0) is 0 Å². The van der Waals surface area contributed by atoms with Crippen LogP contribution < -0.4 is 5.32 Å². The van der Waals surface area contributed by atoms with Crippen LogP contribution in [0.1, 0.15) is 13.3 Å². The van der Waals surface area contributed by atoms with Crippen molar-refractivity contribution < 1.29 is 13.2 Å². The maximum absolute atomic E-state index is 12.0. The van der Waals surface area contributed by atoms with E-state index in [1.807, 2.05) is 0 Å². The van der Waals surface area contributed by atoms with Crippen LogP contribution >= 0.6 is 15.9 Å². The van der Waals surface area contributed by atoms with Crippen molar-refractivity contribution in [2.75, 3.05) is 5.32 Å². The van der Waals surface area contributed by atoms with Gasteiger partial charge in [-0.25, -0.2) is 0 Å². The number of hydrogen-bond donors (Lipinski definition) is 1. The first-order valence-electron chi connectivity index (χ1n) is 4.31. The summed E-state index contributed by atoms with van der Waals surface area (Å²) in [4.78, 5) is 3.82. The number of nitrogens with zero attached hydrogens (tertiary/aromatic N) is 1. The Bertz CT molecular complexity index is 327. The highest BCUT2D eigenvalue weighted by atomic mass is 79.9. The van der Waals surface area contributed by atoms with Crippen molar-refractivity contribution in [1.82, 2.24) is 4.98 Å². The summed E-state index contributed by atoms with van der Waals surface area (Å²) in [6, 6.07) is 0.959. The van der Waals surface area contributed by atoms with Crippen LogP contribution in [0.3, 0.4) is 0 Å². The van der Waals surface area contributed by atoms with Gasteiger partial charge in [-0.15, -0.1) is 0 Å². The predicted octanol–water partition coefficient (Wildman–Crippen LogP) is 3.60. The molecule has 2 nitrogen and oxygen atoms in total. The number of hydrogen-bond acceptors (Lipinski definition) is 2. The lowest BCUT2D eigenvalue weighted by Gasteiger charge is -2.17. The molecule has 0 aliphatic heterocycles. The van der Waals surface area contributed by atoms with Crippen molar-refractivity contribution in [2.24, 2.45) is 0 Å². The van der Waals surface area contributed by atoms with Crippen molar-refractivity contribution >= 4 is 21.6 Å². The average molecular weight is 283 g/mol. The predicted molar refractivity (Wildman–Crippen MR) is 55.7 cm³/mol. The standard InChI is InChI=1S/C9H10BrF3N2/c1-6(4-9(11,12)13)15-8-2-3-14-5-7(8)10/h2-3,5-6H,4H2,1H3,(H,14,15). The molecule has 1 aromatic rings. The number of pyridine rings is 1. The fraction of sp³-hybridized carbons (Fsp3) is 0.444. The van der Waals surface area contributed by atoms with E-state index in [0.29, 0.717) is 10.2 Å². The summed E-state index contributed by atoms with van der Waals surface area (Å²) in [5.74, 6) is 0. The average Bonchev–Trinajstić information content (AvgIpc) is 2.05. The van der Waals surface area contributed by atoms with Gasteiger partial charge in [0, 0.05) is 18.4 Å². The molecule has 0 aliphatic carbocycles. The molecule has 0 saturated carbocycles. The van der Waals surface area contributed by atoms with Crippen LogP contribution in [0.15, 0.2) is 22.9 Å². The summed E-state index contributed by atoms with van der Waals surface area (Å²) in [7, 11) is 0. The molecule has 1 aromatic heterocycles. The molecule has 1 unspecified atom stereocenters. The second kappa shape index (κ2) is 4.83. The van der Waals surface area contributed by atoms with E-state index in [-0.39, 0.29) is 0 Å². The Kier molecular flexibility index (Phi) is 3.96. The Balaban J connectivity index is 2.59. The smallest absolute Gasteiger partial charge is 0.381 e. The van der Waals surface area contributed by atoms with E-state index in [0.717, 1.165) is 0 Å². The van der Waals surface area contributed by atoms with Gasteiger partial charge in [0.15, 0.2) is 0 Å². The molecule has 1 rings (SSSR count). The van der Waals surface area contributed by atoms with Crippen LogP contribution in [0.5, 0.6) is 0 Å². The minimum Gasteiger partial charge on any atom is -0.381 e. The zero-order chi connectivity index (χ0) is 11.5. The summed E-state index contributed by atoms with van der Waals surface area (Å²) in [6.45, 7) is 1.49. The Labute approximate surface area is 94.0 Å². The Morgan fingerprint density at radius 2 is 2.20 bits per heavy atom. The molecule has 0 fully saturated rings. The second-order valence-electron chi connectivity index (χ2n) is 3.22. The van der Waals surface area contributed by atoms with E-state index in [1.165, 1.54) is 19.3 Å². The summed E-state index contributed by atoms with van der Waals surface area (Å²) < 4.78 is 36.8. The van der Waals surface area contributed by atoms with Crippen molar-refractivity contribution in [3.63, 3.8) is 0 Å². The topological polar surface area (TPSA) is 24.9 Å². The molecule has 0 amide bonds. The lowest BCUT2D eigenvalue weighted by Crippen LogP contribution is -2.24. The summed E-state index contributed by atoms with van der Waals surface area (Å²) in [5, 5.41) is 2.76. The van der Waals surface area contributed by atoms with Crippen LogP contribution in [0, 0.1) is 0 Å². The van der Waals surface area contributed by atoms with Crippen molar-refractivity contribution in [3.05, 3.63) is 22.9 Å². The van der Waals surface area contributed by atoms with Gasteiger partial charge in [-0.1, -0.05) is 0 Å². The highest BCUT2D eigenvalue weighted by Crippen LogP contribution is 2.25. The minimum atomic E-state index is -4.15. The van der Waals surface area contributed by atoms with Gasteiger partial charge in [-0.05, 0) is 28.9 Å². The molecule has 6 heteroatoms. The maximum atomic E-state index is 12.0. The number of alkyl halides is 3. The molecule has 15 heavy (non-hydrogen) atoms. The van der Waals surface area contributed by atoms with Crippen molar-refractivity contribution in [2.45, 2.75) is 25.6 Å². The molecule has 0 bridgehead atoms. The lowest BCUT2D eigenvalue weighted by molar-refractivity contribution is -0.136. The molecule has 1 N–H and O–H groups in total. The van der Waals surface area contributed by atoms with Crippen molar-refractivity contribution in [3.8, 4) is 0 Å². The van der Waals surface area contributed by atoms with E-state index in [2.05, 4.69) is 26.2 Å². The summed E-state index contributed by atoms with van der Waals surface area (Å²) in [6.07, 6.45) is -1.95. The highest BCUT2D eigenvalue weighted by Gasteiger charge is 2.30. The zero-order valence-corrected chi connectivity index (χ0v) is 9.56. The summed E-state index contributed by atoms with van der Waals surface area (Å²) >= 11 is 3.20. The normalized spacial score (nSPS) is 13.7. The fourth-order valence-corrected chi connectivity index (χ4v) is 1.52. The van der Waals surface area contributed by atoms with E-state index in [4.69, 9.17) is 0 Å². The third-order valence-electron chi connectivity index (χ3n) is 1.71. The monoisotopic (exact) mass is 282 g/mol. The van der Waals surface area contributed by atoms with Gasteiger partial charge < -0.3 is 5.32 Å². The maximum Gasteiger partial charge on any atom is 0.391 e. The van der Waals surface area contributed by atoms with Gasteiger partial charge in [0.1, 0.15) is 0 Å². The highest BCUT2D eigenvalue weighted by molar-refractivity contribution is 9.10. The Morgan fingerprint density at radius 3 is 2.73 bits per heavy atom. The summed E-state index contributed by atoms with van der Waals surface area (Å²) in [5.41, 5.74) is 0.613. The number of halogens is 4. The van der Waals surface area contributed by atoms with E-state index < -0.39 is 18.6 Å². The molecule has 84 valence electrons. The van der Waals surface area contributed by atoms with E-state index in [1.54, 1.807) is 6.07 Å². The van der Waals surface area contributed by atoms with Crippen LogP contribution in [0.25, 0.3) is 0 Å². The molecular formula is C9H10BrF3N2. The van der Waals surface area contributed by atoms with Gasteiger partial charge in [-0.3, -0.25) is 4.98 Å². The Hall–Kier alpha value is -0.780. The van der Waals surface area contributed by atoms with E-state index >= 15 is 0 Å². The molecule has 0 radical (unpaired) electrons. The molecule has 0 saturated heterocycles. The van der Waals surface area contributed by atoms with Crippen LogP contribution in [0.2, 0.25) is 0 Å². The third kappa shape index (κ3) is 4.51. The van der Waals surface area contributed by atoms with Crippen LogP contribution in [0.4, 0.5) is 18.9 Å².